The van der Waals surface area contributed by atoms with Gasteiger partial charge in [0.05, 0.1) is 0 Å². The summed E-state index contributed by atoms with van der Waals surface area (Å²) in [5.41, 5.74) is 3.43. The topological polar surface area (TPSA) is 54.0 Å². The molecule has 2 aromatic rings. The molecule has 0 saturated heterocycles. The van der Waals surface area contributed by atoms with Crippen LogP contribution in [-0.4, -0.2) is 16.9 Å². The molecule has 0 atom stereocenters. The molecule has 2 N–H and O–H groups in total. The van der Waals surface area contributed by atoms with Crippen LogP contribution in [0.3, 0.4) is 0 Å². The maximum absolute atomic E-state index is 11.9. The van der Waals surface area contributed by atoms with Gasteiger partial charge in [0.15, 0.2) is 0 Å². The summed E-state index contributed by atoms with van der Waals surface area (Å²) in [5, 5.41) is 6.10. The number of rotatable bonds is 4. The van der Waals surface area contributed by atoms with Crippen molar-refractivity contribution in [1.29, 1.82) is 0 Å². The van der Waals surface area contributed by atoms with Gasteiger partial charge in [0, 0.05) is 23.6 Å². The molecule has 0 radical (unpaired) electrons. The van der Waals surface area contributed by atoms with Crippen LogP contribution in [0.1, 0.15) is 29.9 Å². The van der Waals surface area contributed by atoms with Gasteiger partial charge in [-0.05, 0) is 50.6 Å². The first-order valence-corrected chi connectivity index (χ1v) is 6.65. The molecule has 104 valence electrons. The second kappa shape index (κ2) is 6.19. The van der Waals surface area contributed by atoms with Crippen LogP contribution in [0.5, 0.6) is 0 Å². The van der Waals surface area contributed by atoms with Crippen molar-refractivity contribution in [3.05, 3.63) is 53.9 Å². The average Bonchev–Trinajstić information content (AvgIpc) is 2.38. The molecule has 4 nitrogen and oxygen atoms in total. The molecular weight excluding hydrogens is 250 g/mol. The Hall–Kier alpha value is -2.36. The van der Waals surface area contributed by atoms with Crippen molar-refractivity contribution >= 4 is 17.3 Å². The van der Waals surface area contributed by atoms with Crippen molar-refractivity contribution in [2.24, 2.45) is 0 Å². The number of benzene rings is 1. The summed E-state index contributed by atoms with van der Waals surface area (Å²) >= 11 is 0. The molecule has 0 aliphatic rings. The summed E-state index contributed by atoms with van der Waals surface area (Å²) in [7, 11) is 0. The van der Waals surface area contributed by atoms with E-state index in [0.29, 0.717) is 5.69 Å². The lowest BCUT2D eigenvalue weighted by Crippen LogP contribution is -2.30. The Morgan fingerprint density at radius 1 is 1.15 bits per heavy atom. The van der Waals surface area contributed by atoms with Gasteiger partial charge in [0.1, 0.15) is 5.69 Å². The van der Waals surface area contributed by atoms with Crippen molar-refractivity contribution < 1.29 is 4.79 Å². The highest BCUT2D eigenvalue weighted by molar-refractivity contribution is 5.93. The van der Waals surface area contributed by atoms with Crippen LogP contribution < -0.4 is 10.6 Å². The number of hydrogen-bond acceptors (Lipinski definition) is 3. The van der Waals surface area contributed by atoms with Crippen LogP contribution in [0, 0.1) is 6.92 Å². The van der Waals surface area contributed by atoms with Gasteiger partial charge in [-0.2, -0.15) is 0 Å². The molecule has 1 heterocycles. The maximum Gasteiger partial charge on any atom is 0.270 e. The summed E-state index contributed by atoms with van der Waals surface area (Å²) < 4.78 is 0. The molecule has 1 amide bonds. The maximum atomic E-state index is 11.9. The molecule has 2 rings (SSSR count). The van der Waals surface area contributed by atoms with Crippen LogP contribution in [0.4, 0.5) is 11.4 Å². The van der Waals surface area contributed by atoms with Crippen molar-refractivity contribution in [3.63, 3.8) is 0 Å². The number of carbonyl (C=O) groups excluding carboxylic acids is 1. The normalized spacial score (nSPS) is 10.4. The van der Waals surface area contributed by atoms with E-state index in [1.807, 2.05) is 51.1 Å². The molecule has 0 aliphatic heterocycles. The van der Waals surface area contributed by atoms with Gasteiger partial charge < -0.3 is 10.6 Å². The summed E-state index contributed by atoms with van der Waals surface area (Å²) in [6.45, 7) is 5.89. The minimum Gasteiger partial charge on any atom is -0.355 e. The molecule has 0 bridgehead atoms. The molecule has 20 heavy (non-hydrogen) atoms. The zero-order chi connectivity index (χ0) is 14.5. The minimum atomic E-state index is -0.159. The van der Waals surface area contributed by atoms with Crippen LogP contribution in [0.2, 0.25) is 0 Å². The predicted octanol–water partition coefficient (Wildman–Crippen LogP) is 3.27. The fraction of sp³-hybridized carbons (Fsp3) is 0.250. The number of amides is 1. The first-order chi connectivity index (χ1) is 9.54. The third-order valence-corrected chi connectivity index (χ3v) is 2.72. The number of carbonyl (C=O) groups is 1. The molecule has 0 spiro atoms. The average molecular weight is 269 g/mol. The van der Waals surface area contributed by atoms with E-state index in [9.17, 15) is 4.79 Å². The molecule has 4 heteroatoms. The van der Waals surface area contributed by atoms with E-state index in [4.69, 9.17) is 0 Å². The fourth-order valence-corrected chi connectivity index (χ4v) is 1.86. The van der Waals surface area contributed by atoms with Crippen LogP contribution in [0.25, 0.3) is 0 Å². The lowest BCUT2D eigenvalue weighted by atomic mass is 10.2. The molecule has 0 saturated carbocycles. The van der Waals surface area contributed by atoms with E-state index in [0.717, 1.165) is 11.4 Å². The second-order valence-corrected chi connectivity index (χ2v) is 5.05. The monoisotopic (exact) mass is 269 g/mol. The van der Waals surface area contributed by atoms with Crippen molar-refractivity contribution in [1.82, 2.24) is 10.3 Å². The SMILES string of the molecule is Cc1cccc(Nc2ccnc(C(=O)NC(C)C)c2)c1. The second-order valence-electron chi connectivity index (χ2n) is 5.05. The zero-order valence-corrected chi connectivity index (χ0v) is 12.0. The third-order valence-electron chi connectivity index (χ3n) is 2.72. The Kier molecular flexibility index (Phi) is 4.35. The number of hydrogen-bond donors (Lipinski definition) is 2. The largest absolute Gasteiger partial charge is 0.355 e. The number of anilines is 2. The Balaban J connectivity index is 2.15. The van der Waals surface area contributed by atoms with E-state index in [2.05, 4.69) is 15.6 Å². The summed E-state index contributed by atoms with van der Waals surface area (Å²) in [4.78, 5) is 16.0. The number of aromatic nitrogens is 1. The molecule has 0 fully saturated rings. The van der Waals surface area contributed by atoms with Gasteiger partial charge in [-0.15, -0.1) is 0 Å². The van der Waals surface area contributed by atoms with Crippen LogP contribution >= 0.6 is 0 Å². The number of pyridine rings is 1. The van der Waals surface area contributed by atoms with E-state index in [1.54, 1.807) is 12.3 Å². The first-order valence-electron chi connectivity index (χ1n) is 6.65. The van der Waals surface area contributed by atoms with Crippen LogP contribution in [0.15, 0.2) is 42.6 Å². The Morgan fingerprint density at radius 2 is 1.90 bits per heavy atom. The molecule has 0 aliphatic carbocycles. The molecule has 1 aromatic carbocycles. The summed E-state index contributed by atoms with van der Waals surface area (Å²) in [6.07, 6.45) is 1.63. The minimum absolute atomic E-state index is 0.0951. The highest BCUT2D eigenvalue weighted by Crippen LogP contribution is 2.17. The van der Waals surface area contributed by atoms with Gasteiger partial charge in [-0.3, -0.25) is 9.78 Å². The van der Waals surface area contributed by atoms with Crippen molar-refractivity contribution in [2.75, 3.05) is 5.32 Å². The molecule has 1 aromatic heterocycles. The van der Waals surface area contributed by atoms with Crippen LogP contribution in [-0.2, 0) is 0 Å². The lowest BCUT2D eigenvalue weighted by molar-refractivity contribution is 0.0938. The molecule has 0 unspecified atom stereocenters. The summed E-state index contributed by atoms with van der Waals surface area (Å²) in [6, 6.07) is 11.8. The van der Waals surface area contributed by atoms with Gasteiger partial charge in [0.25, 0.3) is 5.91 Å². The van der Waals surface area contributed by atoms with Crippen molar-refractivity contribution in [2.45, 2.75) is 26.8 Å². The molecular formula is C16H19N3O. The Labute approximate surface area is 119 Å². The van der Waals surface area contributed by atoms with Gasteiger partial charge in [-0.25, -0.2) is 0 Å². The first kappa shape index (κ1) is 14.1. The Bertz CT molecular complexity index is 608. The zero-order valence-electron chi connectivity index (χ0n) is 12.0. The number of nitrogens with one attached hydrogen (secondary N) is 2. The third kappa shape index (κ3) is 3.82. The summed E-state index contributed by atoms with van der Waals surface area (Å²) in [5.74, 6) is -0.159. The quantitative estimate of drug-likeness (QED) is 0.895. The number of nitrogens with zero attached hydrogens (tertiary/aromatic N) is 1. The van der Waals surface area contributed by atoms with E-state index in [1.165, 1.54) is 5.56 Å². The van der Waals surface area contributed by atoms with E-state index in [-0.39, 0.29) is 11.9 Å². The smallest absolute Gasteiger partial charge is 0.270 e. The Morgan fingerprint density at radius 3 is 2.60 bits per heavy atom. The standard InChI is InChI=1S/C16H19N3O/c1-11(2)18-16(20)15-10-14(7-8-17-15)19-13-6-4-5-12(3)9-13/h4-11H,1-3H3,(H,17,19)(H,18,20). The van der Waals surface area contributed by atoms with Gasteiger partial charge in [0.2, 0.25) is 0 Å². The number of aryl methyl sites for hydroxylation is 1. The van der Waals surface area contributed by atoms with E-state index >= 15 is 0 Å². The highest BCUT2D eigenvalue weighted by Gasteiger charge is 2.09. The van der Waals surface area contributed by atoms with Crippen molar-refractivity contribution in [3.8, 4) is 0 Å². The van der Waals surface area contributed by atoms with Gasteiger partial charge >= 0.3 is 0 Å². The van der Waals surface area contributed by atoms with Gasteiger partial charge in [-0.1, -0.05) is 12.1 Å². The highest BCUT2D eigenvalue weighted by atomic mass is 16.1. The fourth-order valence-electron chi connectivity index (χ4n) is 1.86. The van der Waals surface area contributed by atoms with E-state index < -0.39 is 0 Å². The predicted molar refractivity (Wildman–Crippen MR) is 81.3 cm³/mol. The lowest BCUT2D eigenvalue weighted by Gasteiger charge is -2.10.